The molecule has 92 valence electrons. The zero-order chi connectivity index (χ0) is 11.5. The van der Waals surface area contributed by atoms with Crippen molar-refractivity contribution >= 4 is 12.4 Å². The summed E-state index contributed by atoms with van der Waals surface area (Å²) in [6.45, 7) is -0.123. The van der Waals surface area contributed by atoms with Crippen LogP contribution in [0.2, 0.25) is 0 Å². The van der Waals surface area contributed by atoms with Gasteiger partial charge in [0.2, 0.25) is 0 Å². The number of alkyl halides is 3. The van der Waals surface area contributed by atoms with Crippen molar-refractivity contribution in [2.45, 2.75) is 19.7 Å². The fourth-order valence-electron chi connectivity index (χ4n) is 1.03. The van der Waals surface area contributed by atoms with E-state index in [-0.39, 0.29) is 24.8 Å². The van der Waals surface area contributed by atoms with Crippen molar-refractivity contribution in [3.8, 4) is 5.75 Å². The molecule has 1 aromatic rings. The summed E-state index contributed by atoms with van der Waals surface area (Å²) in [6.07, 6.45) is -3.07. The van der Waals surface area contributed by atoms with Gasteiger partial charge in [-0.1, -0.05) is 0 Å². The molecule has 0 radical (unpaired) electrons. The Hall–Kier alpha value is -1.01. The van der Waals surface area contributed by atoms with Crippen LogP contribution in [-0.2, 0) is 6.61 Å². The van der Waals surface area contributed by atoms with Gasteiger partial charge in [-0.25, -0.2) is 0 Å². The quantitative estimate of drug-likeness (QED) is 0.903. The first kappa shape index (κ1) is 15.0. The van der Waals surface area contributed by atoms with Gasteiger partial charge in [0.05, 0.1) is 12.3 Å². The molecule has 0 aliphatic carbocycles. The summed E-state index contributed by atoms with van der Waals surface area (Å²) in [4.78, 5) is 3.79. The Morgan fingerprint density at radius 1 is 1.44 bits per heavy atom. The van der Waals surface area contributed by atoms with Gasteiger partial charge >= 0.3 is 6.18 Å². The third kappa shape index (κ3) is 4.24. The monoisotopic (exact) mass is 257 g/mol. The summed E-state index contributed by atoms with van der Waals surface area (Å²) in [7, 11) is 0. The van der Waals surface area contributed by atoms with Crippen LogP contribution in [0.1, 0.15) is 11.3 Å². The van der Waals surface area contributed by atoms with Crippen LogP contribution >= 0.6 is 12.4 Å². The normalized spacial score (nSPS) is 10.8. The third-order valence-electron chi connectivity index (χ3n) is 1.80. The zero-order valence-corrected chi connectivity index (χ0v) is 9.23. The number of hydrogen-bond acceptors (Lipinski definition) is 3. The van der Waals surface area contributed by atoms with Crippen LogP contribution in [-0.4, -0.2) is 22.9 Å². The van der Waals surface area contributed by atoms with Crippen LogP contribution in [0.25, 0.3) is 0 Å². The van der Waals surface area contributed by atoms with Gasteiger partial charge < -0.3 is 9.84 Å². The van der Waals surface area contributed by atoms with E-state index >= 15 is 0 Å². The topological polar surface area (TPSA) is 42.4 Å². The fraction of sp³-hybridized carbons (Fsp3) is 0.444. The summed E-state index contributed by atoms with van der Waals surface area (Å²) >= 11 is 0. The molecular formula is C9H11ClF3NO2. The second-order valence-corrected chi connectivity index (χ2v) is 2.94. The minimum absolute atomic E-state index is 0. The molecule has 0 unspecified atom stereocenters. The Balaban J connectivity index is 0.00000225. The number of nitrogens with zero attached hydrogens (tertiary/aromatic N) is 1. The smallest absolute Gasteiger partial charge is 0.422 e. The Kier molecular flexibility index (Phi) is 5.53. The Morgan fingerprint density at radius 2 is 2.06 bits per heavy atom. The summed E-state index contributed by atoms with van der Waals surface area (Å²) in [6, 6.07) is 1.33. The van der Waals surface area contributed by atoms with Crippen LogP contribution < -0.4 is 4.74 Å². The molecule has 1 aromatic heterocycles. The van der Waals surface area contributed by atoms with Crippen molar-refractivity contribution in [3.05, 3.63) is 23.5 Å². The molecule has 0 aliphatic heterocycles. The molecule has 0 aliphatic rings. The first-order valence-electron chi connectivity index (χ1n) is 4.19. The lowest BCUT2D eigenvalue weighted by Gasteiger charge is -2.12. The molecule has 7 heteroatoms. The van der Waals surface area contributed by atoms with Gasteiger partial charge in [0, 0.05) is 11.8 Å². The number of aliphatic hydroxyl groups excluding tert-OH is 1. The number of ether oxygens (including phenoxy) is 1. The highest BCUT2D eigenvalue weighted by Crippen LogP contribution is 2.22. The van der Waals surface area contributed by atoms with Gasteiger partial charge in [-0.05, 0) is 13.0 Å². The van der Waals surface area contributed by atoms with Crippen molar-refractivity contribution in [2.24, 2.45) is 0 Å². The molecule has 0 fully saturated rings. The molecule has 3 nitrogen and oxygen atoms in total. The van der Waals surface area contributed by atoms with Crippen molar-refractivity contribution in [1.82, 2.24) is 4.98 Å². The minimum Gasteiger partial charge on any atom is -0.484 e. The van der Waals surface area contributed by atoms with E-state index in [4.69, 9.17) is 5.11 Å². The van der Waals surface area contributed by atoms with Crippen LogP contribution in [0, 0.1) is 6.92 Å². The standard InChI is InChI=1S/C9H10F3NO2.ClH/c1-6-7(4-14)13-3-2-8(6)15-5-9(10,11)12;/h2-3,14H,4-5H2,1H3;1H. The van der Waals surface area contributed by atoms with E-state index in [9.17, 15) is 13.2 Å². The number of aliphatic hydroxyl groups is 1. The molecule has 1 rings (SSSR count). The van der Waals surface area contributed by atoms with Gasteiger partial charge in [-0.2, -0.15) is 13.2 Å². The maximum atomic E-state index is 11.9. The van der Waals surface area contributed by atoms with E-state index in [0.717, 1.165) is 0 Å². The maximum Gasteiger partial charge on any atom is 0.422 e. The summed E-state index contributed by atoms with van der Waals surface area (Å²) in [5.74, 6) is 0.0892. The van der Waals surface area contributed by atoms with E-state index in [0.29, 0.717) is 11.3 Å². The number of halogens is 4. The molecule has 16 heavy (non-hydrogen) atoms. The van der Waals surface area contributed by atoms with Crippen LogP contribution in [0.5, 0.6) is 5.75 Å². The lowest BCUT2D eigenvalue weighted by atomic mass is 10.2. The summed E-state index contributed by atoms with van der Waals surface area (Å²) < 4.78 is 40.2. The molecule has 0 amide bonds. The molecule has 0 saturated heterocycles. The fourth-order valence-corrected chi connectivity index (χ4v) is 1.03. The molecule has 1 heterocycles. The first-order valence-corrected chi connectivity index (χ1v) is 4.19. The molecule has 0 spiro atoms. The molecule has 1 N–H and O–H groups in total. The van der Waals surface area contributed by atoms with Gasteiger partial charge in [0.15, 0.2) is 6.61 Å². The average Bonchev–Trinajstić information content (AvgIpc) is 2.15. The van der Waals surface area contributed by atoms with Crippen LogP contribution in [0.15, 0.2) is 12.3 Å². The second-order valence-electron chi connectivity index (χ2n) is 2.94. The van der Waals surface area contributed by atoms with E-state index in [2.05, 4.69) is 9.72 Å². The van der Waals surface area contributed by atoms with E-state index in [1.165, 1.54) is 12.3 Å². The predicted molar refractivity (Wildman–Crippen MR) is 53.7 cm³/mol. The number of aromatic nitrogens is 1. The Bertz CT molecular complexity index is 344. The number of pyridine rings is 1. The summed E-state index contributed by atoms with van der Waals surface area (Å²) in [5, 5.41) is 8.83. The SMILES string of the molecule is Cc1c(OCC(F)(F)F)ccnc1CO.Cl. The van der Waals surface area contributed by atoms with Crippen LogP contribution in [0.4, 0.5) is 13.2 Å². The predicted octanol–water partition coefficient (Wildman–Crippen LogP) is 2.25. The largest absolute Gasteiger partial charge is 0.484 e. The number of hydrogen-bond donors (Lipinski definition) is 1. The lowest BCUT2D eigenvalue weighted by molar-refractivity contribution is -0.153. The van der Waals surface area contributed by atoms with Crippen molar-refractivity contribution in [2.75, 3.05) is 6.61 Å². The molecule has 0 atom stereocenters. The van der Waals surface area contributed by atoms with Crippen molar-refractivity contribution in [3.63, 3.8) is 0 Å². The molecule has 0 saturated carbocycles. The van der Waals surface area contributed by atoms with Gasteiger partial charge in [-0.3, -0.25) is 4.98 Å². The number of rotatable bonds is 3. The average molecular weight is 258 g/mol. The summed E-state index contributed by atoms with van der Waals surface area (Å²) in [5.41, 5.74) is 0.735. The van der Waals surface area contributed by atoms with Crippen LogP contribution in [0.3, 0.4) is 0 Å². The third-order valence-corrected chi connectivity index (χ3v) is 1.80. The van der Waals surface area contributed by atoms with Crippen molar-refractivity contribution in [1.29, 1.82) is 0 Å². The second kappa shape index (κ2) is 5.91. The maximum absolute atomic E-state index is 11.9. The molecule has 0 aromatic carbocycles. The van der Waals surface area contributed by atoms with Gasteiger partial charge in [0.1, 0.15) is 5.75 Å². The Labute approximate surface area is 96.7 Å². The van der Waals surface area contributed by atoms with Gasteiger partial charge in [0.25, 0.3) is 0 Å². The minimum atomic E-state index is -4.37. The highest BCUT2D eigenvalue weighted by molar-refractivity contribution is 5.85. The first-order chi connectivity index (χ1) is 6.94. The van der Waals surface area contributed by atoms with E-state index in [1.807, 2.05) is 0 Å². The molecule has 0 bridgehead atoms. The molecular weight excluding hydrogens is 247 g/mol. The zero-order valence-electron chi connectivity index (χ0n) is 8.41. The Morgan fingerprint density at radius 3 is 2.56 bits per heavy atom. The van der Waals surface area contributed by atoms with E-state index in [1.54, 1.807) is 6.92 Å². The lowest BCUT2D eigenvalue weighted by Crippen LogP contribution is -2.19. The highest BCUT2D eigenvalue weighted by atomic mass is 35.5. The van der Waals surface area contributed by atoms with E-state index < -0.39 is 12.8 Å². The van der Waals surface area contributed by atoms with Crippen molar-refractivity contribution < 1.29 is 23.0 Å². The highest BCUT2D eigenvalue weighted by Gasteiger charge is 2.28. The van der Waals surface area contributed by atoms with Gasteiger partial charge in [-0.15, -0.1) is 12.4 Å².